The molecule has 1 aromatic rings. The third-order valence-corrected chi connectivity index (χ3v) is 6.27. The molecule has 0 aliphatic carbocycles. The third kappa shape index (κ3) is 6.79. The van der Waals surface area contributed by atoms with E-state index >= 15 is 0 Å². The SMILES string of the molecule is CCc1cc(NCCCCCNS(=O)(=O)C(C)(C)C)ccc1C(F)(F)F. The number of aryl methyl sites for hydroxylation is 1. The summed E-state index contributed by atoms with van der Waals surface area (Å²) in [4.78, 5) is 0. The molecule has 0 atom stereocenters. The van der Waals surface area contributed by atoms with Gasteiger partial charge in [-0.25, -0.2) is 13.1 Å². The third-order valence-electron chi connectivity index (χ3n) is 4.07. The van der Waals surface area contributed by atoms with E-state index in [9.17, 15) is 21.6 Å². The molecule has 8 heteroatoms. The van der Waals surface area contributed by atoms with Gasteiger partial charge in [0, 0.05) is 18.8 Å². The van der Waals surface area contributed by atoms with Gasteiger partial charge in [-0.15, -0.1) is 0 Å². The van der Waals surface area contributed by atoms with Crippen LogP contribution in [0.1, 0.15) is 58.1 Å². The molecule has 1 aromatic carbocycles. The van der Waals surface area contributed by atoms with E-state index in [1.54, 1.807) is 33.8 Å². The van der Waals surface area contributed by atoms with Crippen molar-refractivity contribution < 1.29 is 21.6 Å². The zero-order valence-corrected chi connectivity index (χ0v) is 16.6. The number of rotatable bonds is 9. The average molecular weight is 395 g/mol. The minimum Gasteiger partial charge on any atom is -0.385 e. The van der Waals surface area contributed by atoms with Gasteiger partial charge in [-0.05, 0) is 63.8 Å². The standard InChI is InChI=1S/C18H29F3N2O2S/c1-5-14-13-15(9-10-16(14)18(19,20)21)22-11-7-6-8-12-23-26(24,25)17(2,3)4/h9-10,13,22-23H,5-8,11-12H2,1-4H3. The molecule has 26 heavy (non-hydrogen) atoms. The Morgan fingerprint density at radius 2 is 1.62 bits per heavy atom. The number of sulfonamides is 1. The summed E-state index contributed by atoms with van der Waals surface area (Å²) in [6.07, 6.45) is -1.67. The number of alkyl halides is 3. The maximum Gasteiger partial charge on any atom is 0.416 e. The molecule has 2 N–H and O–H groups in total. The summed E-state index contributed by atoms with van der Waals surface area (Å²) in [5, 5.41) is 3.12. The molecule has 0 unspecified atom stereocenters. The van der Waals surface area contributed by atoms with E-state index < -0.39 is 26.5 Å². The summed E-state index contributed by atoms with van der Waals surface area (Å²) in [5.74, 6) is 0. The Labute approximate surface area is 154 Å². The van der Waals surface area contributed by atoms with Crippen LogP contribution in [0.5, 0.6) is 0 Å². The Morgan fingerprint density at radius 1 is 1.00 bits per heavy atom. The van der Waals surface area contributed by atoms with E-state index in [1.165, 1.54) is 6.07 Å². The first-order chi connectivity index (χ1) is 11.9. The van der Waals surface area contributed by atoms with Crippen molar-refractivity contribution in [2.45, 2.75) is 64.3 Å². The van der Waals surface area contributed by atoms with Crippen LogP contribution in [0.3, 0.4) is 0 Å². The first-order valence-electron chi connectivity index (χ1n) is 8.81. The molecule has 4 nitrogen and oxygen atoms in total. The van der Waals surface area contributed by atoms with Crippen LogP contribution in [0.15, 0.2) is 18.2 Å². The largest absolute Gasteiger partial charge is 0.416 e. The van der Waals surface area contributed by atoms with Crippen molar-refractivity contribution >= 4 is 15.7 Å². The Hall–Kier alpha value is -1.28. The number of benzene rings is 1. The van der Waals surface area contributed by atoms with Crippen molar-refractivity contribution in [3.8, 4) is 0 Å². The molecule has 1 rings (SSSR count). The van der Waals surface area contributed by atoms with Gasteiger partial charge in [0.1, 0.15) is 0 Å². The van der Waals surface area contributed by atoms with Crippen LogP contribution in [0, 0.1) is 0 Å². The minimum atomic E-state index is -4.33. The first kappa shape index (κ1) is 22.8. The molecule has 0 aliphatic rings. The highest BCUT2D eigenvalue weighted by molar-refractivity contribution is 7.90. The number of hydrogen-bond donors (Lipinski definition) is 2. The molecule has 0 heterocycles. The molecule has 0 radical (unpaired) electrons. The Morgan fingerprint density at radius 3 is 2.15 bits per heavy atom. The number of halogens is 3. The van der Waals surface area contributed by atoms with Crippen molar-refractivity contribution in [3.05, 3.63) is 29.3 Å². The van der Waals surface area contributed by atoms with Gasteiger partial charge in [-0.2, -0.15) is 13.2 Å². The van der Waals surface area contributed by atoms with Crippen LogP contribution in [-0.2, 0) is 22.6 Å². The molecule has 0 saturated carbocycles. The zero-order valence-electron chi connectivity index (χ0n) is 15.8. The van der Waals surface area contributed by atoms with Gasteiger partial charge >= 0.3 is 6.18 Å². The quantitative estimate of drug-likeness (QED) is 0.603. The lowest BCUT2D eigenvalue weighted by molar-refractivity contribution is -0.138. The predicted molar refractivity (Wildman–Crippen MR) is 99.8 cm³/mol. The maximum atomic E-state index is 12.9. The monoisotopic (exact) mass is 394 g/mol. The molecular weight excluding hydrogens is 365 g/mol. The lowest BCUT2D eigenvalue weighted by Crippen LogP contribution is -2.39. The number of nitrogens with one attached hydrogen (secondary N) is 2. The molecule has 150 valence electrons. The van der Waals surface area contributed by atoms with Crippen molar-refractivity contribution in [1.82, 2.24) is 4.72 Å². The second kappa shape index (κ2) is 9.08. The van der Waals surface area contributed by atoms with E-state index in [0.29, 0.717) is 31.6 Å². The number of anilines is 1. The average Bonchev–Trinajstić information content (AvgIpc) is 2.51. The fraction of sp³-hybridized carbons (Fsp3) is 0.667. The van der Waals surface area contributed by atoms with Gasteiger partial charge in [0.05, 0.1) is 10.3 Å². The van der Waals surface area contributed by atoms with Crippen molar-refractivity contribution in [3.63, 3.8) is 0 Å². The van der Waals surface area contributed by atoms with Crippen LogP contribution in [0.4, 0.5) is 18.9 Å². The van der Waals surface area contributed by atoms with E-state index in [2.05, 4.69) is 10.0 Å². The summed E-state index contributed by atoms with van der Waals surface area (Å²) >= 11 is 0. The molecule has 0 aliphatic heterocycles. The van der Waals surface area contributed by atoms with Gasteiger partial charge in [0.25, 0.3) is 0 Å². The molecule has 0 amide bonds. The number of hydrogen-bond acceptors (Lipinski definition) is 3. The van der Waals surface area contributed by atoms with Crippen LogP contribution in [0.2, 0.25) is 0 Å². The molecule has 0 fully saturated rings. The molecule has 0 saturated heterocycles. The Bertz CT molecular complexity index is 681. The fourth-order valence-corrected chi connectivity index (χ4v) is 3.20. The first-order valence-corrected chi connectivity index (χ1v) is 10.3. The van der Waals surface area contributed by atoms with Crippen LogP contribution in [0.25, 0.3) is 0 Å². The van der Waals surface area contributed by atoms with Gasteiger partial charge in [0.2, 0.25) is 10.0 Å². The molecule has 0 aromatic heterocycles. The van der Waals surface area contributed by atoms with E-state index in [4.69, 9.17) is 0 Å². The van der Waals surface area contributed by atoms with Crippen LogP contribution < -0.4 is 10.0 Å². The summed E-state index contributed by atoms with van der Waals surface area (Å²) < 4.78 is 64.2. The van der Waals surface area contributed by atoms with Crippen molar-refractivity contribution in [2.75, 3.05) is 18.4 Å². The Kier molecular flexibility index (Phi) is 7.95. The van der Waals surface area contributed by atoms with Crippen molar-refractivity contribution in [1.29, 1.82) is 0 Å². The maximum absolute atomic E-state index is 12.9. The summed E-state index contributed by atoms with van der Waals surface area (Å²) in [6.45, 7) is 7.66. The minimum absolute atomic E-state index is 0.277. The molecular formula is C18H29F3N2O2S. The highest BCUT2D eigenvalue weighted by atomic mass is 32.2. The molecule has 0 spiro atoms. The second-order valence-corrected chi connectivity index (χ2v) is 9.74. The second-order valence-electron chi connectivity index (χ2n) is 7.22. The number of unbranched alkanes of at least 4 members (excludes halogenated alkanes) is 2. The summed E-state index contributed by atoms with van der Waals surface area (Å²) in [7, 11) is -3.31. The predicted octanol–water partition coefficient (Wildman–Crippen LogP) is 4.57. The van der Waals surface area contributed by atoms with Gasteiger partial charge in [0.15, 0.2) is 0 Å². The van der Waals surface area contributed by atoms with E-state index in [-0.39, 0.29) is 5.56 Å². The smallest absolute Gasteiger partial charge is 0.385 e. The molecule has 0 bridgehead atoms. The van der Waals surface area contributed by atoms with Crippen molar-refractivity contribution in [2.24, 2.45) is 0 Å². The van der Waals surface area contributed by atoms with Gasteiger partial charge in [-0.3, -0.25) is 0 Å². The van der Waals surface area contributed by atoms with E-state index in [0.717, 1.165) is 18.9 Å². The van der Waals surface area contributed by atoms with Gasteiger partial charge < -0.3 is 5.32 Å². The lowest BCUT2D eigenvalue weighted by atomic mass is 10.0. The zero-order chi connectivity index (χ0) is 20.0. The van der Waals surface area contributed by atoms with Crippen LogP contribution in [-0.4, -0.2) is 26.3 Å². The normalized spacial score (nSPS) is 13.0. The lowest BCUT2D eigenvalue weighted by Gasteiger charge is -2.19. The topological polar surface area (TPSA) is 58.2 Å². The van der Waals surface area contributed by atoms with Crippen LogP contribution >= 0.6 is 0 Å². The summed E-state index contributed by atoms with van der Waals surface area (Å²) in [5.41, 5.74) is 0.360. The Balaban J connectivity index is 2.37. The fourth-order valence-electron chi connectivity index (χ4n) is 2.36. The van der Waals surface area contributed by atoms with E-state index in [1.807, 2.05) is 0 Å². The highest BCUT2D eigenvalue weighted by Crippen LogP contribution is 2.33. The highest BCUT2D eigenvalue weighted by Gasteiger charge is 2.32. The summed E-state index contributed by atoms with van der Waals surface area (Å²) in [6, 6.07) is 4.10. The van der Waals surface area contributed by atoms with Gasteiger partial charge in [-0.1, -0.05) is 13.3 Å².